The number of likely N-dealkylation sites (N-methyl/N-ethyl adjacent to an activating group) is 1. The summed E-state index contributed by atoms with van der Waals surface area (Å²) in [7, 11) is 2.20. The zero-order chi connectivity index (χ0) is 12.3. The quantitative estimate of drug-likeness (QED) is 0.820. The van der Waals surface area contributed by atoms with Gasteiger partial charge in [0.2, 0.25) is 0 Å². The van der Waals surface area contributed by atoms with E-state index in [1.807, 2.05) is 0 Å². The molecule has 0 amide bonds. The van der Waals surface area contributed by atoms with Gasteiger partial charge in [-0.2, -0.15) is 0 Å². The molecule has 3 unspecified atom stereocenters. The first-order chi connectivity index (χ1) is 8.22. The fraction of sp³-hybridized carbons (Fsp3) is 1.00. The number of hydrogen-bond donors (Lipinski definition) is 1. The molecule has 1 N–H and O–H groups in total. The molecule has 2 fully saturated rings. The van der Waals surface area contributed by atoms with Gasteiger partial charge in [0.25, 0.3) is 0 Å². The Morgan fingerprint density at radius 3 is 2.53 bits per heavy atom. The van der Waals surface area contributed by atoms with Crippen molar-refractivity contribution in [1.29, 1.82) is 0 Å². The second-order valence-electron chi connectivity index (χ2n) is 5.73. The van der Waals surface area contributed by atoms with Crippen molar-refractivity contribution in [2.75, 3.05) is 20.3 Å². The second kappa shape index (κ2) is 6.17. The van der Waals surface area contributed by atoms with E-state index in [4.69, 9.17) is 4.74 Å². The van der Waals surface area contributed by atoms with E-state index in [2.05, 4.69) is 18.9 Å². The number of hydrogen-bond acceptors (Lipinski definition) is 3. The number of aliphatic hydroxyl groups excluding tert-OH is 1. The van der Waals surface area contributed by atoms with Crippen LogP contribution in [0.3, 0.4) is 0 Å². The Morgan fingerprint density at radius 1 is 1.18 bits per heavy atom. The summed E-state index contributed by atoms with van der Waals surface area (Å²) in [6.45, 7) is 4.04. The number of ether oxygens (including phenoxy) is 1. The third kappa shape index (κ3) is 3.21. The maximum Gasteiger partial charge on any atom is 0.0695 e. The molecular formula is C14H27NO2. The average Bonchev–Trinajstić information content (AvgIpc) is 2.39. The Kier molecular flexibility index (Phi) is 4.83. The van der Waals surface area contributed by atoms with E-state index in [0.717, 1.165) is 38.4 Å². The molecule has 0 aromatic carbocycles. The van der Waals surface area contributed by atoms with Crippen molar-refractivity contribution in [3.63, 3.8) is 0 Å². The van der Waals surface area contributed by atoms with Crippen LogP contribution in [-0.4, -0.2) is 48.5 Å². The van der Waals surface area contributed by atoms with E-state index >= 15 is 0 Å². The number of aliphatic hydroxyl groups is 1. The fourth-order valence-electron chi connectivity index (χ4n) is 3.39. The molecule has 2 rings (SSSR count). The van der Waals surface area contributed by atoms with Crippen molar-refractivity contribution >= 4 is 0 Å². The van der Waals surface area contributed by atoms with Gasteiger partial charge in [0.1, 0.15) is 0 Å². The second-order valence-corrected chi connectivity index (χ2v) is 5.73. The smallest absolute Gasteiger partial charge is 0.0695 e. The maximum atomic E-state index is 10.2. The van der Waals surface area contributed by atoms with Gasteiger partial charge >= 0.3 is 0 Å². The molecule has 17 heavy (non-hydrogen) atoms. The van der Waals surface area contributed by atoms with Gasteiger partial charge in [-0.3, -0.25) is 4.90 Å². The third-order valence-corrected chi connectivity index (χ3v) is 4.76. The molecule has 0 aromatic rings. The van der Waals surface area contributed by atoms with E-state index in [0.29, 0.717) is 12.1 Å². The van der Waals surface area contributed by atoms with Gasteiger partial charge in [-0.15, -0.1) is 0 Å². The topological polar surface area (TPSA) is 32.7 Å². The summed E-state index contributed by atoms with van der Waals surface area (Å²) in [4.78, 5) is 2.44. The van der Waals surface area contributed by atoms with Crippen LogP contribution in [0.5, 0.6) is 0 Å². The Labute approximate surface area is 105 Å². The molecule has 2 aliphatic rings. The zero-order valence-corrected chi connectivity index (χ0v) is 11.3. The maximum absolute atomic E-state index is 10.2. The van der Waals surface area contributed by atoms with Crippen LogP contribution in [0.4, 0.5) is 0 Å². The van der Waals surface area contributed by atoms with E-state index in [-0.39, 0.29) is 6.10 Å². The van der Waals surface area contributed by atoms with Crippen LogP contribution >= 0.6 is 0 Å². The molecule has 0 aromatic heterocycles. The minimum absolute atomic E-state index is 0.120. The van der Waals surface area contributed by atoms with Gasteiger partial charge < -0.3 is 9.84 Å². The monoisotopic (exact) mass is 241 g/mol. The normalized spacial score (nSPS) is 36.4. The van der Waals surface area contributed by atoms with E-state index in [1.54, 1.807) is 0 Å². The molecule has 1 aliphatic carbocycles. The Bertz CT molecular complexity index is 228. The summed E-state index contributed by atoms with van der Waals surface area (Å²) in [5.74, 6) is 0.811. The highest BCUT2D eigenvalue weighted by Gasteiger charge is 2.34. The molecule has 0 spiro atoms. The summed E-state index contributed by atoms with van der Waals surface area (Å²) in [5.41, 5.74) is 0. The zero-order valence-electron chi connectivity index (χ0n) is 11.3. The lowest BCUT2D eigenvalue weighted by molar-refractivity contribution is -0.0323. The largest absolute Gasteiger partial charge is 0.391 e. The molecule has 100 valence electrons. The summed E-state index contributed by atoms with van der Waals surface area (Å²) in [6.07, 6.45) is 6.74. The Balaban J connectivity index is 1.93. The molecule has 3 heteroatoms. The van der Waals surface area contributed by atoms with E-state index < -0.39 is 0 Å². The predicted molar refractivity (Wildman–Crippen MR) is 69.0 cm³/mol. The molecule has 0 bridgehead atoms. The van der Waals surface area contributed by atoms with Crippen molar-refractivity contribution in [3.8, 4) is 0 Å². The van der Waals surface area contributed by atoms with Gasteiger partial charge in [-0.1, -0.05) is 13.3 Å². The highest BCUT2D eigenvalue weighted by atomic mass is 16.5. The summed E-state index contributed by atoms with van der Waals surface area (Å²) in [6, 6.07) is 0.982. The predicted octanol–water partition coefficient (Wildman–Crippen LogP) is 2.04. The van der Waals surface area contributed by atoms with Crippen molar-refractivity contribution < 1.29 is 9.84 Å². The average molecular weight is 241 g/mol. The molecular weight excluding hydrogens is 214 g/mol. The van der Waals surface area contributed by atoms with Crippen LogP contribution in [0.2, 0.25) is 0 Å². The minimum atomic E-state index is -0.120. The van der Waals surface area contributed by atoms with Crippen molar-refractivity contribution in [2.24, 2.45) is 5.92 Å². The molecule has 1 saturated heterocycles. The Morgan fingerprint density at radius 2 is 1.88 bits per heavy atom. The van der Waals surface area contributed by atoms with E-state index in [1.165, 1.54) is 19.3 Å². The van der Waals surface area contributed by atoms with Crippen LogP contribution in [0, 0.1) is 5.92 Å². The lowest BCUT2D eigenvalue weighted by atomic mass is 9.81. The highest BCUT2D eigenvalue weighted by molar-refractivity contribution is 4.88. The van der Waals surface area contributed by atoms with Crippen molar-refractivity contribution in [2.45, 2.75) is 63.6 Å². The van der Waals surface area contributed by atoms with Crippen molar-refractivity contribution in [1.82, 2.24) is 4.90 Å². The molecule has 0 radical (unpaired) electrons. The molecule has 3 nitrogen and oxygen atoms in total. The standard InChI is InChI=1S/C14H27NO2/c1-3-11-4-5-14(16)13(10-11)15(2)12-6-8-17-9-7-12/h11-14,16H,3-10H2,1-2H3. The fourth-order valence-corrected chi connectivity index (χ4v) is 3.39. The number of nitrogens with zero attached hydrogens (tertiary/aromatic N) is 1. The molecule has 3 atom stereocenters. The van der Waals surface area contributed by atoms with Crippen LogP contribution < -0.4 is 0 Å². The van der Waals surface area contributed by atoms with Gasteiger partial charge in [-0.05, 0) is 45.1 Å². The van der Waals surface area contributed by atoms with Crippen LogP contribution in [-0.2, 0) is 4.74 Å². The lowest BCUT2D eigenvalue weighted by Crippen LogP contribution is -2.51. The summed E-state index contributed by atoms with van der Waals surface area (Å²) < 4.78 is 5.42. The molecule has 1 saturated carbocycles. The summed E-state index contributed by atoms with van der Waals surface area (Å²) in [5, 5.41) is 10.2. The lowest BCUT2D eigenvalue weighted by Gasteiger charge is -2.43. The molecule has 1 aliphatic heterocycles. The minimum Gasteiger partial charge on any atom is -0.391 e. The molecule has 1 heterocycles. The third-order valence-electron chi connectivity index (χ3n) is 4.76. The van der Waals surface area contributed by atoms with Gasteiger partial charge in [0.15, 0.2) is 0 Å². The van der Waals surface area contributed by atoms with Crippen LogP contribution in [0.25, 0.3) is 0 Å². The first kappa shape index (κ1) is 13.3. The van der Waals surface area contributed by atoms with Gasteiger partial charge in [0, 0.05) is 25.3 Å². The van der Waals surface area contributed by atoms with Crippen molar-refractivity contribution in [3.05, 3.63) is 0 Å². The summed E-state index contributed by atoms with van der Waals surface area (Å²) >= 11 is 0. The SMILES string of the molecule is CCC1CCC(O)C(N(C)C2CCOCC2)C1. The number of rotatable bonds is 3. The Hall–Kier alpha value is -0.120. The van der Waals surface area contributed by atoms with Gasteiger partial charge in [-0.25, -0.2) is 0 Å². The van der Waals surface area contributed by atoms with Crippen LogP contribution in [0.15, 0.2) is 0 Å². The van der Waals surface area contributed by atoms with E-state index in [9.17, 15) is 5.11 Å². The first-order valence-corrected chi connectivity index (χ1v) is 7.20. The van der Waals surface area contributed by atoms with Gasteiger partial charge in [0.05, 0.1) is 6.10 Å². The first-order valence-electron chi connectivity index (χ1n) is 7.20. The van der Waals surface area contributed by atoms with Crippen LogP contribution in [0.1, 0.15) is 45.4 Å². The highest BCUT2D eigenvalue weighted by Crippen LogP contribution is 2.31.